The summed E-state index contributed by atoms with van der Waals surface area (Å²) in [5.74, 6) is 1.65. The van der Waals surface area contributed by atoms with Gasteiger partial charge in [-0.2, -0.15) is 0 Å². The van der Waals surface area contributed by atoms with Crippen LogP contribution in [-0.4, -0.2) is 13.2 Å². The van der Waals surface area contributed by atoms with E-state index in [1.54, 1.807) is 0 Å². The summed E-state index contributed by atoms with van der Waals surface area (Å²) < 4.78 is 11.4. The number of halogens is 2. The topological polar surface area (TPSA) is 18.5 Å². The minimum absolute atomic E-state index is 0.189. The van der Waals surface area contributed by atoms with Crippen molar-refractivity contribution in [2.24, 2.45) is 0 Å². The summed E-state index contributed by atoms with van der Waals surface area (Å²) in [4.78, 5) is 0.189. The fourth-order valence-corrected chi connectivity index (χ4v) is 3.20. The van der Waals surface area contributed by atoms with Gasteiger partial charge in [0.1, 0.15) is 0 Å². The van der Waals surface area contributed by atoms with E-state index in [9.17, 15) is 0 Å². The lowest BCUT2D eigenvalue weighted by molar-refractivity contribution is 0.297. The minimum atomic E-state index is 0.189. The summed E-state index contributed by atoms with van der Waals surface area (Å²) in [7, 11) is 0. The van der Waals surface area contributed by atoms with Gasteiger partial charge in [0.2, 0.25) is 0 Å². The molecule has 2 nitrogen and oxygen atoms in total. The summed E-state index contributed by atoms with van der Waals surface area (Å²) in [6, 6.07) is 14.0. The molecule has 0 bridgehead atoms. The molecule has 0 saturated heterocycles. The van der Waals surface area contributed by atoms with E-state index >= 15 is 0 Å². The van der Waals surface area contributed by atoms with Crippen LogP contribution < -0.4 is 9.47 Å². The molecule has 1 unspecified atom stereocenters. The van der Waals surface area contributed by atoms with Crippen LogP contribution >= 0.6 is 27.5 Å². The molecule has 0 radical (unpaired) electrons. The maximum Gasteiger partial charge on any atom is 0.161 e. The van der Waals surface area contributed by atoms with Crippen LogP contribution in [0.1, 0.15) is 22.4 Å². The molecule has 1 aliphatic rings. The van der Waals surface area contributed by atoms with Crippen LogP contribution in [0, 0.1) is 0 Å². The van der Waals surface area contributed by atoms with E-state index in [4.69, 9.17) is 21.1 Å². The lowest BCUT2D eigenvalue weighted by atomic mass is 10.0. The van der Waals surface area contributed by atoms with E-state index < -0.39 is 0 Å². The first kappa shape index (κ1) is 14.7. The fraction of sp³-hybridized carbons (Fsp3) is 0.294. The van der Waals surface area contributed by atoms with E-state index in [-0.39, 0.29) is 4.83 Å². The molecule has 3 rings (SSSR count). The van der Waals surface area contributed by atoms with Crippen molar-refractivity contribution < 1.29 is 9.47 Å². The highest BCUT2D eigenvalue weighted by Gasteiger charge is 2.15. The first-order valence-corrected chi connectivity index (χ1v) is 8.30. The van der Waals surface area contributed by atoms with E-state index in [0.717, 1.165) is 34.9 Å². The monoisotopic (exact) mass is 366 g/mol. The average Bonchev–Trinajstić information content (AvgIpc) is 2.74. The minimum Gasteiger partial charge on any atom is -0.490 e. The number of fused-ring (bicyclic) bond motifs is 1. The third-order valence-electron chi connectivity index (χ3n) is 3.49. The van der Waals surface area contributed by atoms with Gasteiger partial charge in [-0.1, -0.05) is 51.8 Å². The van der Waals surface area contributed by atoms with Crippen LogP contribution in [0.25, 0.3) is 0 Å². The van der Waals surface area contributed by atoms with Gasteiger partial charge in [-0.3, -0.25) is 0 Å². The smallest absolute Gasteiger partial charge is 0.161 e. The van der Waals surface area contributed by atoms with Crippen LogP contribution in [0.15, 0.2) is 42.5 Å². The van der Waals surface area contributed by atoms with Crippen molar-refractivity contribution in [2.45, 2.75) is 17.7 Å². The Morgan fingerprint density at radius 1 is 1.05 bits per heavy atom. The Kier molecular flexibility index (Phi) is 4.71. The first-order valence-electron chi connectivity index (χ1n) is 7.01. The van der Waals surface area contributed by atoms with Crippen LogP contribution in [0.3, 0.4) is 0 Å². The first-order chi connectivity index (χ1) is 10.2. The van der Waals surface area contributed by atoms with Gasteiger partial charge < -0.3 is 9.47 Å². The quantitative estimate of drug-likeness (QED) is 0.696. The number of hydrogen-bond donors (Lipinski definition) is 0. The molecule has 0 saturated carbocycles. The van der Waals surface area contributed by atoms with Crippen molar-refractivity contribution in [3.8, 4) is 11.5 Å². The highest BCUT2D eigenvalue weighted by atomic mass is 79.9. The van der Waals surface area contributed by atoms with Crippen molar-refractivity contribution >= 4 is 27.5 Å². The Morgan fingerprint density at radius 2 is 1.81 bits per heavy atom. The Balaban J connectivity index is 1.80. The van der Waals surface area contributed by atoms with Gasteiger partial charge >= 0.3 is 0 Å². The molecular weight excluding hydrogens is 352 g/mol. The van der Waals surface area contributed by atoms with Gasteiger partial charge in [-0.05, 0) is 35.7 Å². The number of benzene rings is 2. The standard InChI is InChI=1S/C17H16BrClO2/c18-14(10-13-4-1-2-5-15(13)19)12-6-7-16-17(11-12)21-9-3-8-20-16/h1-2,4-7,11,14H,3,8-10H2. The lowest BCUT2D eigenvalue weighted by Crippen LogP contribution is -1.98. The van der Waals surface area contributed by atoms with Crippen LogP contribution in [0.2, 0.25) is 5.02 Å². The Morgan fingerprint density at radius 3 is 2.62 bits per heavy atom. The second-order valence-electron chi connectivity index (χ2n) is 5.02. The Bertz CT molecular complexity index is 630. The Hall–Kier alpha value is -1.19. The fourth-order valence-electron chi connectivity index (χ4n) is 2.35. The van der Waals surface area contributed by atoms with Gasteiger partial charge in [0.15, 0.2) is 11.5 Å². The molecule has 0 amide bonds. The lowest BCUT2D eigenvalue weighted by Gasteiger charge is -2.14. The van der Waals surface area contributed by atoms with Crippen molar-refractivity contribution in [2.75, 3.05) is 13.2 Å². The van der Waals surface area contributed by atoms with Gasteiger partial charge in [-0.25, -0.2) is 0 Å². The predicted octanol–water partition coefficient (Wildman–Crippen LogP) is 5.18. The van der Waals surface area contributed by atoms with Crippen molar-refractivity contribution in [1.29, 1.82) is 0 Å². The predicted molar refractivity (Wildman–Crippen MR) is 88.9 cm³/mol. The van der Waals surface area contributed by atoms with Gasteiger partial charge in [0.25, 0.3) is 0 Å². The molecule has 2 aromatic carbocycles. The zero-order valence-electron chi connectivity index (χ0n) is 11.5. The van der Waals surface area contributed by atoms with Crippen molar-refractivity contribution in [3.05, 3.63) is 58.6 Å². The molecule has 110 valence electrons. The zero-order chi connectivity index (χ0) is 14.7. The summed E-state index contributed by atoms with van der Waals surface area (Å²) in [5.41, 5.74) is 2.30. The normalized spacial score (nSPS) is 15.3. The molecule has 0 fully saturated rings. The maximum atomic E-state index is 6.23. The van der Waals surface area contributed by atoms with E-state index in [1.165, 1.54) is 5.56 Å². The second kappa shape index (κ2) is 6.71. The third-order valence-corrected chi connectivity index (χ3v) is 4.71. The summed E-state index contributed by atoms with van der Waals surface area (Å²) in [6.07, 6.45) is 1.75. The van der Waals surface area contributed by atoms with Crippen LogP contribution in [0.4, 0.5) is 0 Å². The van der Waals surface area contributed by atoms with E-state index in [2.05, 4.69) is 34.1 Å². The summed E-state index contributed by atoms with van der Waals surface area (Å²) in [5, 5.41) is 0.802. The molecule has 1 heterocycles. The van der Waals surface area contributed by atoms with Gasteiger partial charge in [-0.15, -0.1) is 0 Å². The van der Waals surface area contributed by atoms with E-state index in [1.807, 2.05) is 24.3 Å². The molecule has 2 aromatic rings. The molecule has 0 N–H and O–H groups in total. The SMILES string of the molecule is Clc1ccccc1CC(Br)c1ccc2c(c1)OCCCO2. The Labute approximate surface area is 138 Å². The van der Waals surface area contributed by atoms with Gasteiger partial charge in [0.05, 0.1) is 13.2 Å². The molecule has 0 aromatic heterocycles. The highest BCUT2D eigenvalue weighted by Crippen LogP contribution is 2.36. The third kappa shape index (κ3) is 3.53. The number of rotatable bonds is 3. The molecule has 0 aliphatic carbocycles. The zero-order valence-corrected chi connectivity index (χ0v) is 13.9. The second-order valence-corrected chi connectivity index (χ2v) is 6.53. The average molecular weight is 368 g/mol. The number of alkyl halides is 1. The number of hydrogen-bond acceptors (Lipinski definition) is 2. The summed E-state index contributed by atoms with van der Waals surface area (Å²) >= 11 is 9.98. The van der Waals surface area contributed by atoms with E-state index in [0.29, 0.717) is 13.2 Å². The van der Waals surface area contributed by atoms with Crippen LogP contribution in [0.5, 0.6) is 11.5 Å². The van der Waals surface area contributed by atoms with Crippen molar-refractivity contribution in [3.63, 3.8) is 0 Å². The highest BCUT2D eigenvalue weighted by molar-refractivity contribution is 9.09. The van der Waals surface area contributed by atoms with Crippen LogP contribution in [-0.2, 0) is 6.42 Å². The molecule has 21 heavy (non-hydrogen) atoms. The maximum absolute atomic E-state index is 6.23. The largest absolute Gasteiger partial charge is 0.490 e. The molecule has 1 aliphatic heterocycles. The number of ether oxygens (including phenoxy) is 2. The summed E-state index contributed by atoms with van der Waals surface area (Å²) in [6.45, 7) is 1.41. The van der Waals surface area contributed by atoms with Gasteiger partial charge in [0, 0.05) is 16.3 Å². The van der Waals surface area contributed by atoms with Crippen molar-refractivity contribution in [1.82, 2.24) is 0 Å². The molecular formula is C17H16BrClO2. The molecule has 0 spiro atoms. The molecule has 1 atom stereocenters. The molecule has 4 heteroatoms.